The third kappa shape index (κ3) is 7.55. The summed E-state index contributed by atoms with van der Waals surface area (Å²) >= 11 is 6.41. The topological polar surface area (TPSA) is 96.0 Å². The molecule has 0 aromatic heterocycles. The molecule has 2 amide bonds. The maximum atomic E-state index is 14.0. The van der Waals surface area contributed by atoms with Gasteiger partial charge in [-0.15, -0.1) is 0 Å². The minimum atomic E-state index is -4.15. The smallest absolute Gasteiger partial charge is 0.264 e. The lowest BCUT2D eigenvalue weighted by Gasteiger charge is -2.33. The molecule has 0 radical (unpaired) electrons. The van der Waals surface area contributed by atoms with E-state index < -0.39 is 28.5 Å². The number of amides is 2. The van der Waals surface area contributed by atoms with Gasteiger partial charge in [-0.05, 0) is 75.2 Å². The SMILES string of the molecule is CCNC(=O)C(CC)N(Cc1ccccc1Cl)C(=O)CN(c1ccc(OCC)cc1)S(=O)(=O)c1ccc(C)cc1. The van der Waals surface area contributed by atoms with Crippen LogP contribution >= 0.6 is 11.6 Å². The fourth-order valence-electron chi connectivity index (χ4n) is 4.26. The zero-order valence-corrected chi connectivity index (χ0v) is 24.8. The van der Waals surface area contributed by atoms with Crippen molar-refractivity contribution in [2.24, 2.45) is 0 Å². The van der Waals surface area contributed by atoms with Crippen LogP contribution in [0.1, 0.15) is 38.3 Å². The van der Waals surface area contributed by atoms with Gasteiger partial charge in [-0.1, -0.05) is 54.4 Å². The minimum absolute atomic E-state index is 0.0375. The number of likely N-dealkylation sites (N-methyl/N-ethyl adjacent to an activating group) is 1. The number of hydrogen-bond donors (Lipinski definition) is 1. The Hall–Kier alpha value is -3.56. The number of benzene rings is 3. The number of sulfonamides is 1. The molecule has 1 atom stereocenters. The van der Waals surface area contributed by atoms with Crippen LogP contribution in [0.5, 0.6) is 5.75 Å². The van der Waals surface area contributed by atoms with Crippen molar-refractivity contribution in [2.45, 2.75) is 51.6 Å². The van der Waals surface area contributed by atoms with Gasteiger partial charge >= 0.3 is 0 Å². The molecule has 3 rings (SSSR count). The average molecular weight is 586 g/mol. The molecule has 0 heterocycles. The predicted molar refractivity (Wildman–Crippen MR) is 158 cm³/mol. The Morgan fingerprint density at radius 2 is 1.60 bits per heavy atom. The van der Waals surface area contributed by atoms with E-state index in [1.807, 2.05) is 13.8 Å². The summed E-state index contributed by atoms with van der Waals surface area (Å²) in [5.74, 6) is -0.283. The highest BCUT2D eigenvalue weighted by molar-refractivity contribution is 7.92. The number of aryl methyl sites for hydroxylation is 1. The van der Waals surface area contributed by atoms with Crippen LogP contribution in [0.2, 0.25) is 5.02 Å². The van der Waals surface area contributed by atoms with Gasteiger partial charge in [0.1, 0.15) is 18.3 Å². The lowest BCUT2D eigenvalue weighted by atomic mass is 10.1. The van der Waals surface area contributed by atoms with Gasteiger partial charge in [-0.2, -0.15) is 0 Å². The van der Waals surface area contributed by atoms with Crippen LogP contribution in [0, 0.1) is 6.92 Å². The van der Waals surface area contributed by atoms with E-state index in [9.17, 15) is 18.0 Å². The first-order chi connectivity index (χ1) is 19.1. The van der Waals surface area contributed by atoms with Gasteiger partial charge in [0.25, 0.3) is 10.0 Å². The Morgan fingerprint density at radius 1 is 0.950 bits per heavy atom. The Bertz CT molecular complexity index is 1400. The fraction of sp³-hybridized carbons (Fsp3) is 0.333. The largest absolute Gasteiger partial charge is 0.494 e. The molecule has 214 valence electrons. The quantitative estimate of drug-likeness (QED) is 0.298. The number of ether oxygens (including phenoxy) is 1. The monoisotopic (exact) mass is 585 g/mol. The normalized spacial score (nSPS) is 11.9. The van der Waals surface area contributed by atoms with E-state index in [-0.39, 0.29) is 17.3 Å². The summed E-state index contributed by atoms with van der Waals surface area (Å²) in [6, 6.07) is 19.2. The Morgan fingerprint density at radius 3 is 2.17 bits per heavy atom. The van der Waals surface area contributed by atoms with Crippen molar-refractivity contribution >= 4 is 39.1 Å². The molecular weight excluding hydrogens is 550 g/mol. The van der Waals surface area contributed by atoms with Crippen LogP contribution in [-0.4, -0.2) is 50.9 Å². The summed E-state index contributed by atoms with van der Waals surface area (Å²) < 4.78 is 34.4. The van der Waals surface area contributed by atoms with E-state index in [0.29, 0.717) is 41.6 Å². The zero-order chi connectivity index (χ0) is 29.3. The Kier molecular flexibility index (Phi) is 11.0. The summed E-state index contributed by atoms with van der Waals surface area (Å²) in [5, 5.41) is 3.23. The second-order valence-electron chi connectivity index (χ2n) is 9.18. The predicted octanol–water partition coefficient (Wildman–Crippen LogP) is 5.19. The minimum Gasteiger partial charge on any atom is -0.494 e. The number of halogens is 1. The van der Waals surface area contributed by atoms with Crippen molar-refractivity contribution in [2.75, 3.05) is 24.0 Å². The number of nitrogens with one attached hydrogen (secondary N) is 1. The Labute approximate surface area is 241 Å². The summed E-state index contributed by atoms with van der Waals surface area (Å²) in [5.41, 5.74) is 1.84. The van der Waals surface area contributed by atoms with Crippen molar-refractivity contribution in [3.8, 4) is 5.75 Å². The molecule has 1 unspecified atom stereocenters. The maximum Gasteiger partial charge on any atom is 0.264 e. The standard InChI is InChI=1S/C30H36ClN3O5S/c1-5-28(30(36)32-6-2)33(20-23-10-8-9-11-27(23)31)29(35)21-34(24-14-16-25(17-15-24)39-7-3)40(37,38)26-18-12-22(4)13-19-26/h8-19,28H,5-7,20-21H2,1-4H3,(H,32,36). The van der Waals surface area contributed by atoms with E-state index in [4.69, 9.17) is 16.3 Å². The number of rotatable bonds is 13. The highest BCUT2D eigenvalue weighted by atomic mass is 35.5. The molecule has 3 aromatic carbocycles. The lowest BCUT2D eigenvalue weighted by molar-refractivity contribution is -0.140. The number of carbonyl (C=O) groups excluding carboxylic acids is 2. The average Bonchev–Trinajstić information content (AvgIpc) is 2.93. The summed E-state index contributed by atoms with van der Waals surface area (Å²) in [4.78, 5) is 28.5. The molecule has 40 heavy (non-hydrogen) atoms. The summed E-state index contributed by atoms with van der Waals surface area (Å²) in [6.07, 6.45) is 0.329. The van der Waals surface area contributed by atoms with E-state index in [0.717, 1.165) is 9.87 Å². The number of hydrogen-bond acceptors (Lipinski definition) is 5. The highest BCUT2D eigenvalue weighted by Crippen LogP contribution is 2.27. The molecule has 0 aliphatic heterocycles. The molecule has 0 fully saturated rings. The maximum absolute atomic E-state index is 14.0. The first-order valence-corrected chi connectivity index (χ1v) is 15.1. The molecule has 0 saturated heterocycles. The van der Waals surface area contributed by atoms with Crippen LogP contribution in [0.3, 0.4) is 0 Å². The number of anilines is 1. The Balaban J connectivity index is 2.07. The fourth-order valence-corrected chi connectivity index (χ4v) is 5.87. The summed E-state index contributed by atoms with van der Waals surface area (Å²) in [7, 11) is -4.15. The van der Waals surface area contributed by atoms with Gasteiger partial charge in [0.15, 0.2) is 0 Å². The van der Waals surface area contributed by atoms with Gasteiger partial charge in [0, 0.05) is 18.1 Å². The molecule has 8 nitrogen and oxygen atoms in total. The molecule has 0 aliphatic carbocycles. The summed E-state index contributed by atoms with van der Waals surface area (Å²) in [6.45, 7) is 7.69. The van der Waals surface area contributed by atoms with E-state index >= 15 is 0 Å². The van der Waals surface area contributed by atoms with Crippen LogP contribution in [-0.2, 0) is 26.2 Å². The van der Waals surface area contributed by atoms with E-state index in [2.05, 4.69) is 5.32 Å². The zero-order valence-electron chi connectivity index (χ0n) is 23.3. The van der Waals surface area contributed by atoms with Gasteiger partial charge in [-0.25, -0.2) is 8.42 Å². The molecule has 0 spiro atoms. The molecule has 0 saturated carbocycles. The van der Waals surface area contributed by atoms with Crippen LogP contribution < -0.4 is 14.4 Å². The second-order valence-corrected chi connectivity index (χ2v) is 11.5. The van der Waals surface area contributed by atoms with Crippen molar-refractivity contribution in [3.05, 3.63) is 88.9 Å². The molecule has 0 aliphatic rings. The van der Waals surface area contributed by atoms with E-state index in [1.165, 1.54) is 17.0 Å². The van der Waals surface area contributed by atoms with Crippen molar-refractivity contribution in [1.29, 1.82) is 0 Å². The van der Waals surface area contributed by atoms with E-state index in [1.54, 1.807) is 74.5 Å². The number of nitrogens with zero attached hydrogens (tertiary/aromatic N) is 2. The van der Waals surface area contributed by atoms with Crippen molar-refractivity contribution < 1.29 is 22.7 Å². The third-order valence-electron chi connectivity index (χ3n) is 6.36. The second kappa shape index (κ2) is 14.2. The molecule has 1 N–H and O–H groups in total. The van der Waals surface area contributed by atoms with Crippen LogP contribution in [0.4, 0.5) is 5.69 Å². The highest BCUT2D eigenvalue weighted by Gasteiger charge is 2.33. The molecule has 10 heteroatoms. The van der Waals surface area contributed by atoms with Gasteiger partial charge in [0.05, 0.1) is 17.2 Å². The van der Waals surface area contributed by atoms with Crippen molar-refractivity contribution in [3.63, 3.8) is 0 Å². The first-order valence-electron chi connectivity index (χ1n) is 13.2. The molecule has 3 aromatic rings. The van der Waals surface area contributed by atoms with Crippen LogP contribution in [0.15, 0.2) is 77.7 Å². The molecular formula is C30H36ClN3O5S. The number of carbonyl (C=O) groups is 2. The van der Waals surface area contributed by atoms with Gasteiger partial charge < -0.3 is 15.0 Å². The third-order valence-corrected chi connectivity index (χ3v) is 8.52. The molecule has 0 bridgehead atoms. The van der Waals surface area contributed by atoms with Crippen molar-refractivity contribution in [1.82, 2.24) is 10.2 Å². The first kappa shape index (κ1) is 31.0. The lowest BCUT2D eigenvalue weighted by Crippen LogP contribution is -2.52. The van der Waals surface area contributed by atoms with Gasteiger partial charge in [-0.3, -0.25) is 13.9 Å². The van der Waals surface area contributed by atoms with Crippen LogP contribution in [0.25, 0.3) is 0 Å². The van der Waals surface area contributed by atoms with Gasteiger partial charge in [0.2, 0.25) is 11.8 Å².